The van der Waals surface area contributed by atoms with E-state index in [4.69, 9.17) is 0 Å². The number of hydrogen-bond acceptors (Lipinski definition) is 4. The van der Waals surface area contributed by atoms with Gasteiger partial charge in [-0.25, -0.2) is 0 Å². The van der Waals surface area contributed by atoms with Gasteiger partial charge in [-0.3, -0.25) is 0 Å². The van der Waals surface area contributed by atoms with Gasteiger partial charge in [0.15, 0.2) is 0 Å². The summed E-state index contributed by atoms with van der Waals surface area (Å²) in [6.45, 7) is 5.00. The number of nitrogens with one attached hydrogen (secondary N) is 1. The van der Waals surface area contributed by atoms with Gasteiger partial charge in [0.1, 0.15) is 11.5 Å². The van der Waals surface area contributed by atoms with Crippen LogP contribution >= 0.6 is 11.8 Å². The van der Waals surface area contributed by atoms with E-state index in [0.29, 0.717) is 10.8 Å². The highest BCUT2D eigenvalue weighted by atomic mass is 32.2. The van der Waals surface area contributed by atoms with Crippen molar-refractivity contribution >= 4 is 11.8 Å². The first kappa shape index (κ1) is 14.2. The smallest absolute Gasteiger partial charge is 0.124 e. The first-order valence-corrected chi connectivity index (χ1v) is 7.12. The van der Waals surface area contributed by atoms with E-state index in [-0.39, 0.29) is 17.5 Å². The second-order valence-electron chi connectivity index (χ2n) is 4.22. The second kappa shape index (κ2) is 6.77. The fourth-order valence-electron chi connectivity index (χ4n) is 1.71. The molecule has 0 saturated carbocycles. The molecule has 0 heterocycles. The summed E-state index contributed by atoms with van der Waals surface area (Å²) in [7, 11) is 0. The van der Waals surface area contributed by atoms with Crippen LogP contribution in [0.15, 0.2) is 18.2 Å². The fraction of sp³-hybridized carbons (Fsp3) is 0.538. The van der Waals surface area contributed by atoms with Crippen LogP contribution in [0.5, 0.6) is 11.5 Å². The van der Waals surface area contributed by atoms with E-state index in [2.05, 4.69) is 18.5 Å². The van der Waals surface area contributed by atoms with E-state index in [9.17, 15) is 10.2 Å². The van der Waals surface area contributed by atoms with E-state index in [1.165, 1.54) is 0 Å². The van der Waals surface area contributed by atoms with E-state index < -0.39 is 0 Å². The number of rotatable bonds is 6. The quantitative estimate of drug-likeness (QED) is 0.731. The minimum absolute atomic E-state index is 0.0507. The number of hydrogen-bond donors (Lipinski definition) is 3. The van der Waals surface area contributed by atoms with E-state index >= 15 is 0 Å². The summed E-state index contributed by atoms with van der Waals surface area (Å²) in [5, 5.41) is 23.4. The first-order chi connectivity index (χ1) is 8.06. The number of aromatic hydroxyl groups is 2. The topological polar surface area (TPSA) is 52.5 Å². The second-order valence-corrected chi connectivity index (χ2v) is 5.50. The van der Waals surface area contributed by atoms with Gasteiger partial charge < -0.3 is 15.5 Å². The summed E-state index contributed by atoms with van der Waals surface area (Å²) >= 11 is 1.84. The van der Waals surface area contributed by atoms with Crippen LogP contribution < -0.4 is 5.32 Å². The van der Waals surface area contributed by atoms with Crippen molar-refractivity contribution < 1.29 is 10.2 Å². The van der Waals surface area contributed by atoms with Gasteiger partial charge in [0.2, 0.25) is 0 Å². The Morgan fingerprint density at radius 2 is 1.82 bits per heavy atom. The Morgan fingerprint density at radius 1 is 1.24 bits per heavy atom. The summed E-state index contributed by atoms with van der Waals surface area (Å²) in [5.74, 6) is 0.283. The van der Waals surface area contributed by atoms with E-state index in [1.54, 1.807) is 18.2 Å². The lowest BCUT2D eigenvalue weighted by Gasteiger charge is -2.17. The molecule has 3 nitrogen and oxygen atoms in total. The molecule has 0 radical (unpaired) electrons. The molecule has 4 heteroatoms. The maximum absolute atomic E-state index is 9.71. The van der Waals surface area contributed by atoms with Crippen LogP contribution in [0.1, 0.15) is 31.9 Å². The Labute approximate surface area is 107 Å². The molecule has 0 aliphatic carbocycles. The third-order valence-electron chi connectivity index (χ3n) is 2.90. The lowest BCUT2D eigenvalue weighted by Crippen LogP contribution is -2.22. The van der Waals surface area contributed by atoms with Crippen molar-refractivity contribution in [1.29, 1.82) is 0 Å². The van der Waals surface area contributed by atoms with Crippen molar-refractivity contribution in [3.05, 3.63) is 23.8 Å². The summed E-state index contributed by atoms with van der Waals surface area (Å²) in [6.07, 6.45) is 3.17. The zero-order chi connectivity index (χ0) is 12.8. The lowest BCUT2D eigenvalue weighted by atomic mass is 10.1. The molecule has 0 fully saturated rings. The molecule has 96 valence electrons. The van der Waals surface area contributed by atoms with Crippen molar-refractivity contribution in [3.8, 4) is 11.5 Å². The van der Waals surface area contributed by atoms with Crippen molar-refractivity contribution in [2.75, 3.05) is 12.8 Å². The average molecular weight is 255 g/mol. The summed E-state index contributed by atoms with van der Waals surface area (Å²) < 4.78 is 0. The molecule has 0 saturated heterocycles. The molecule has 0 amide bonds. The normalized spacial score (nSPS) is 14.5. The number of thioether (sulfide) groups is 1. The Kier molecular flexibility index (Phi) is 5.65. The Morgan fingerprint density at radius 3 is 2.35 bits per heavy atom. The third-order valence-corrected chi connectivity index (χ3v) is 3.94. The molecule has 1 aromatic rings. The van der Waals surface area contributed by atoms with Gasteiger partial charge in [-0.2, -0.15) is 11.8 Å². The maximum Gasteiger partial charge on any atom is 0.124 e. The molecule has 3 N–H and O–H groups in total. The predicted octanol–water partition coefficient (Wildman–Crippen LogP) is 2.89. The van der Waals surface area contributed by atoms with Crippen molar-refractivity contribution in [3.63, 3.8) is 0 Å². The van der Waals surface area contributed by atoms with Gasteiger partial charge in [0.25, 0.3) is 0 Å². The highest BCUT2D eigenvalue weighted by Gasteiger charge is 2.14. The summed E-state index contributed by atoms with van der Waals surface area (Å²) in [4.78, 5) is 0. The molecular formula is C13H21NO2S. The fourth-order valence-corrected chi connectivity index (χ4v) is 2.06. The van der Waals surface area contributed by atoms with E-state index in [0.717, 1.165) is 13.0 Å². The van der Waals surface area contributed by atoms with Gasteiger partial charge in [-0.1, -0.05) is 13.0 Å². The third kappa shape index (κ3) is 4.13. The minimum atomic E-state index is -0.0507. The Hall–Kier alpha value is -0.870. The van der Waals surface area contributed by atoms with Crippen LogP contribution in [0.2, 0.25) is 0 Å². The summed E-state index contributed by atoms with van der Waals surface area (Å²) in [6, 6.07) is 4.77. The largest absolute Gasteiger partial charge is 0.507 e. The van der Waals surface area contributed by atoms with Gasteiger partial charge >= 0.3 is 0 Å². The van der Waals surface area contributed by atoms with E-state index in [1.807, 2.05) is 18.7 Å². The molecular weight excluding hydrogens is 234 g/mol. The average Bonchev–Trinajstić information content (AvgIpc) is 2.28. The maximum atomic E-state index is 9.71. The molecule has 2 unspecified atom stereocenters. The molecule has 1 rings (SSSR count). The Balaban J connectivity index is 2.55. The van der Waals surface area contributed by atoms with Crippen molar-refractivity contribution in [2.45, 2.75) is 31.6 Å². The van der Waals surface area contributed by atoms with Crippen molar-refractivity contribution in [1.82, 2.24) is 5.32 Å². The zero-order valence-electron chi connectivity index (χ0n) is 10.6. The highest BCUT2D eigenvalue weighted by Crippen LogP contribution is 2.32. The van der Waals surface area contributed by atoms with Crippen molar-refractivity contribution in [2.24, 2.45) is 0 Å². The monoisotopic (exact) mass is 255 g/mol. The lowest BCUT2D eigenvalue weighted by molar-refractivity contribution is 0.418. The van der Waals surface area contributed by atoms with Gasteiger partial charge in [0.05, 0.1) is 5.56 Å². The van der Waals surface area contributed by atoms with Crippen LogP contribution in [-0.2, 0) is 0 Å². The van der Waals surface area contributed by atoms with Gasteiger partial charge in [-0.15, -0.1) is 0 Å². The molecule has 0 aliphatic heterocycles. The SMILES string of the molecule is CSC(C)CCNC(C)c1c(O)cccc1O. The van der Waals surface area contributed by atoms with Crippen LogP contribution in [-0.4, -0.2) is 28.3 Å². The molecule has 0 spiro atoms. The standard InChI is InChI=1S/C13H21NO2S/c1-9(17-3)7-8-14-10(2)13-11(15)5-4-6-12(13)16/h4-6,9-10,14-16H,7-8H2,1-3H3. The summed E-state index contributed by atoms with van der Waals surface area (Å²) in [5.41, 5.74) is 0.573. The molecule has 1 aromatic carbocycles. The molecule has 2 atom stereocenters. The first-order valence-electron chi connectivity index (χ1n) is 5.83. The molecule has 0 bridgehead atoms. The number of phenols is 2. The minimum Gasteiger partial charge on any atom is -0.507 e. The molecule has 0 aromatic heterocycles. The van der Waals surface area contributed by atoms with Crippen LogP contribution in [0.25, 0.3) is 0 Å². The van der Waals surface area contributed by atoms with Crippen LogP contribution in [0.3, 0.4) is 0 Å². The van der Waals surface area contributed by atoms with Crippen LogP contribution in [0, 0.1) is 0 Å². The number of benzene rings is 1. The molecule has 17 heavy (non-hydrogen) atoms. The highest BCUT2D eigenvalue weighted by molar-refractivity contribution is 7.99. The molecule has 0 aliphatic rings. The Bertz CT molecular complexity index is 337. The predicted molar refractivity (Wildman–Crippen MR) is 73.8 cm³/mol. The van der Waals surface area contributed by atoms with Gasteiger partial charge in [0, 0.05) is 11.3 Å². The number of phenolic OH excluding ortho intramolecular Hbond substituents is 2. The van der Waals surface area contributed by atoms with Gasteiger partial charge in [-0.05, 0) is 38.3 Å². The zero-order valence-corrected chi connectivity index (χ0v) is 11.4. The van der Waals surface area contributed by atoms with Crippen LogP contribution in [0.4, 0.5) is 0 Å².